The van der Waals surface area contributed by atoms with Gasteiger partial charge in [-0.2, -0.15) is 17.5 Å². The van der Waals surface area contributed by atoms with Gasteiger partial charge in [0.15, 0.2) is 0 Å². The van der Waals surface area contributed by atoms with Gasteiger partial charge in [0.1, 0.15) is 0 Å². The summed E-state index contributed by atoms with van der Waals surface area (Å²) < 4.78 is 65.7. The van der Waals surface area contributed by atoms with Crippen molar-refractivity contribution in [1.29, 1.82) is 0 Å². The van der Waals surface area contributed by atoms with Crippen LogP contribution in [0.5, 0.6) is 0 Å². The highest BCUT2D eigenvalue weighted by Crippen LogP contribution is 2.35. The van der Waals surface area contributed by atoms with Crippen LogP contribution in [-0.2, 0) is 16.2 Å². The lowest BCUT2D eigenvalue weighted by atomic mass is 10.1. The smallest absolute Gasteiger partial charge is 0.301 e. The summed E-state index contributed by atoms with van der Waals surface area (Å²) in [5, 5.41) is 0. The Balaban J connectivity index is 2.13. The standard InChI is InChI=1S/C16H23F3N2O2S/c1-13(2)7-8-20-9-11-21(12-10-20)24(22,23)15-6-4-3-5-14(15)16(17,18)19/h3-6,13H,7-12H2,1-2H3. The van der Waals surface area contributed by atoms with Crippen molar-refractivity contribution in [3.05, 3.63) is 29.8 Å². The molecule has 0 aliphatic carbocycles. The van der Waals surface area contributed by atoms with Crippen molar-refractivity contribution < 1.29 is 21.6 Å². The minimum Gasteiger partial charge on any atom is -0.301 e. The van der Waals surface area contributed by atoms with Crippen molar-refractivity contribution in [3.63, 3.8) is 0 Å². The van der Waals surface area contributed by atoms with Crippen LogP contribution in [0.1, 0.15) is 25.8 Å². The van der Waals surface area contributed by atoms with E-state index in [-0.39, 0.29) is 13.1 Å². The van der Waals surface area contributed by atoms with Gasteiger partial charge < -0.3 is 4.90 Å². The summed E-state index contributed by atoms with van der Waals surface area (Å²) in [7, 11) is -4.14. The first-order valence-corrected chi connectivity index (χ1v) is 9.45. The zero-order valence-corrected chi connectivity index (χ0v) is 14.7. The van der Waals surface area contributed by atoms with Gasteiger partial charge in [-0.3, -0.25) is 0 Å². The number of alkyl halides is 3. The molecule has 2 rings (SSSR count). The fraction of sp³-hybridized carbons (Fsp3) is 0.625. The van der Waals surface area contributed by atoms with Gasteiger partial charge in [0.2, 0.25) is 10.0 Å². The molecule has 1 aromatic carbocycles. The summed E-state index contributed by atoms with van der Waals surface area (Å²) in [5.41, 5.74) is -1.10. The van der Waals surface area contributed by atoms with Crippen molar-refractivity contribution in [3.8, 4) is 0 Å². The van der Waals surface area contributed by atoms with E-state index in [1.54, 1.807) is 0 Å². The fourth-order valence-corrected chi connectivity index (χ4v) is 4.33. The molecule has 0 unspecified atom stereocenters. The number of halogens is 3. The molecule has 136 valence electrons. The van der Waals surface area contributed by atoms with E-state index < -0.39 is 26.7 Å². The van der Waals surface area contributed by atoms with Gasteiger partial charge in [0.25, 0.3) is 0 Å². The largest absolute Gasteiger partial charge is 0.417 e. The zero-order chi connectivity index (χ0) is 18.0. The summed E-state index contributed by atoms with van der Waals surface area (Å²) in [4.78, 5) is 1.50. The predicted octanol–water partition coefficient (Wildman–Crippen LogP) is 3.06. The molecule has 4 nitrogen and oxygen atoms in total. The minimum absolute atomic E-state index is 0.215. The molecule has 8 heteroatoms. The van der Waals surface area contributed by atoms with Crippen LogP contribution in [0.3, 0.4) is 0 Å². The summed E-state index contributed by atoms with van der Waals surface area (Å²) in [6.45, 7) is 6.63. The molecular weight excluding hydrogens is 341 g/mol. The molecule has 0 saturated carbocycles. The predicted molar refractivity (Wildman–Crippen MR) is 86.1 cm³/mol. The number of benzene rings is 1. The van der Waals surface area contributed by atoms with Gasteiger partial charge in [-0.15, -0.1) is 0 Å². The monoisotopic (exact) mass is 364 g/mol. The van der Waals surface area contributed by atoms with E-state index in [1.165, 1.54) is 12.1 Å². The molecular formula is C16H23F3N2O2S. The van der Waals surface area contributed by atoms with E-state index in [4.69, 9.17) is 0 Å². The average molecular weight is 364 g/mol. The van der Waals surface area contributed by atoms with Crippen LogP contribution < -0.4 is 0 Å². The third-order valence-electron chi connectivity index (χ3n) is 4.16. The van der Waals surface area contributed by atoms with Crippen LogP contribution in [-0.4, -0.2) is 50.3 Å². The Kier molecular flexibility index (Phi) is 5.93. The quantitative estimate of drug-likeness (QED) is 0.806. The van der Waals surface area contributed by atoms with Crippen LogP contribution >= 0.6 is 0 Å². The lowest BCUT2D eigenvalue weighted by Gasteiger charge is -2.34. The zero-order valence-electron chi connectivity index (χ0n) is 13.9. The van der Waals surface area contributed by atoms with Crippen molar-refractivity contribution in [1.82, 2.24) is 9.21 Å². The van der Waals surface area contributed by atoms with Gasteiger partial charge in [-0.25, -0.2) is 8.42 Å². The van der Waals surface area contributed by atoms with E-state index in [0.29, 0.717) is 19.0 Å². The molecule has 0 atom stereocenters. The average Bonchev–Trinajstić information content (AvgIpc) is 2.52. The molecule has 0 radical (unpaired) electrons. The molecule has 1 saturated heterocycles. The van der Waals surface area contributed by atoms with Gasteiger partial charge in [-0.05, 0) is 31.0 Å². The van der Waals surface area contributed by atoms with E-state index >= 15 is 0 Å². The van der Waals surface area contributed by atoms with Crippen molar-refractivity contribution in [2.45, 2.75) is 31.3 Å². The highest BCUT2D eigenvalue weighted by atomic mass is 32.2. The van der Waals surface area contributed by atoms with Crippen molar-refractivity contribution in [2.75, 3.05) is 32.7 Å². The normalized spacial score (nSPS) is 18.2. The highest BCUT2D eigenvalue weighted by Gasteiger charge is 2.39. The molecule has 1 aliphatic rings. The minimum atomic E-state index is -4.69. The van der Waals surface area contributed by atoms with Gasteiger partial charge in [-0.1, -0.05) is 26.0 Å². The lowest BCUT2D eigenvalue weighted by molar-refractivity contribution is -0.139. The molecule has 0 N–H and O–H groups in total. The molecule has 1 aromatic rings. The SMILES string of the molecule is CC(C)CCN1CCN(S(=O)(=O)c2ccccc2C(F)(F)F)CC1. The van der Waals surface area contributed by atoms with Gasteiger partial charge in [0, 0.05) is 26.2 Å². The van der Waals surface area contributed by atoms with Crippen molar-refractivity contribution >= 4 is 10.0 Å². The summed E-state index contributed by atoms with van der Waals surface area (Å²) in [6, 6.07) is 4.36. The summed E-state index contributed by atoms with van der Waals surface area (Å²) in [6.07, 6.45) is -3.67. The maximum absolute atomic E-state index is 13.1. The van der Waals surface area contributed by atoms with E-state index in [0.717, 1.165) is 29.4 Å². The number of hydrogen-bond acceptors (Lipinski definition) is 3. The molecule has 0 bridgehead atoms. The van der Waals surface area contributed by atoms with Crippen LogP contribution in [0.25, 0.3) is 0 Å². The Morgan fingerprint density at radius 1 is 1.08 bits per heavy atom. The van der Waals surface area contributed by atoms with E-state index in [1.807, 2.05) is 0 Å². The first-order chi connectivity index (χ1) is 11.1. The molecule has 0 amide bonds. The second kappa shape index (κ2) is 7.41. The third-order valence-corrected chi connectivity index (χ3v) is 6.12. The topological polar surface area (TPSA) is 40.6 Å². The highest BCUT2D eigenvalue weighted by molar-refractivity contribution is 7.89. The second-order valence-corrected chi connectivity index (χ2v) is 8.33. The van der Waals surface area contributed by atoms with Gasteiger partial charge in [0.05, 0.1) is 10.5 Å². The molecule has 0 spiro atoms. The molecule has 1 aliphatic heterocycles. The number of hydrogen-bond donors (Lipinski definition) is 0. The van der Waals surface area contributed by atoms with Crippen LogP contribution in [0.15, 0.2) is 29.2 Å². The van der Waals surface area contributed by atoms with Crippen LogP contribution in [0.4, 0.5) is 13.2 Å². The summed E-state index contributed by atoms with van der Waals surface area (Å²) >= 11 is 0. The van der Waals surface area contributed by atoms with E-state index in [2.05, 4.69) is 18.7 Å². The Labute approximate surface area is 141 Å². The second-order valence-electron chi connectivity index (χ2n) is 6.42. The molecule has 1 fully saturated rings. The molecule has 1 heterocycles. The van der Waals surface area contributed by atoms with Crippen LogP contribution in [0.2, 0.25) is 0 Å². The summed E-state index contributed by atoms with van der Waals surface area (Å²) in [5.74, 6) is 0.561. The maximum atomic E-state index is 13.1. The fourth-order valence-electron chi connectivity index (χ4n) is 2.70. The maximum Gasteiger partial charge on any atom is 0.417 e. The first kappa shape index (κ1) is 19.2. The van der Waals surface area contributed by atoms with Gasteiger partial charge >= 0.3 is 6.18 Å². The Morgan fingerprint density at radius 3 is 2.21 bits per heavy atom. The lowest BCUT2D eigenvalue weighted by Crippen LogP contribution is -2.49. The Bertz CT molecular complexity index is 652. The first-order valence-electron chi connectivity index (χ1n) is 8.01. The number of nitrogens with zero attached hydrogens (tertiary/aromatic N) is 2. The van der Waals surface area contributed by atoms with Crippen molar-refractivity contribution in [2.24, 2.45) is 5.92 Å². The Morgan fingerprint density at radius 2 is 1.67 bits per heavy atom. The third kappa shape index (κ3) is 4.49. The number of sulfonamides is 1. The number of rotatable bonds is 5. The molecule has 0 aromatic heterocycles. The Hall–Kier alpha value is -1.12. The molecule has 24 heavy (non-hydrogen) atoms. The van der Waals surface area contributed by atoms with E-state index in [9.17, 15) is 21.6 Å². The van der Waals surface area contributed by atoms with Crippen LogP contribution in [0, 0.1) is 5.92 Å². The number of piperazine rings is 1.